The Morgan fingerprint density at radius 3 is 2.68 bits per heavy atom. The summed E-state index contributed by atoms with van der Waals surface area (Å²) in [7, 11) is 0. The molecule has 1 aromatic heterocycles. The number of benzene rings is 1. The van der Waals surface area contributed by atoms with Crippen LogP contribution in [0.1, 0.15) is 24.8 Å². The van der Waals surface area contributed by atoms with Gasteiger partial charge in [-0.3, -0.25) is 4.79 Å². The minimum Gasteiger partial charge on any atom is -0.356 e. The highest BCUT2D eigenvalue weighted by Crippen LogP contribution is 2.45. The van der Waals surface area contributed by atoms with Gasteiger partial charge in [0.25, 0.3) is 0 Å². The zero-order chi connectivity index (χ0) is 22.2. The van der Waals surface area contributed by atoms with E-state index in [0.717, 1.165) is 18.6 Å². The van der Waals surface area contributed by atoms with Crippen LogP contribution in [0.5, 0.6) is 0 Å². The van der Waals surface area contributed by atoms with Gasteiger partial charge in [-0.15, -0.1) is 0 Å². The maximum Gasteiger partial charge on any atom is 0.240 e. The maximum absolute atomic E-state index is 13.9. The van der Waals surface area contributed by atoms with Crippen molar-refractivity contribution in [3.8, 4) is 17.5 Å². The topological polar surface area (TPSA) is 108 Å². The molecule has 2 aliphatic rings. The predicted molar refractivity (Wildman–Crippen MR) is 111 cm³/mol. The highest BCUT2D eigenvalue weighted by atomic mass is 35.5. The van der Waals surface area contributed by atoms with Crippen LogP contribution >= 0.6 is 11.6 Å². The second kappa shape index (κ2) is 8.36. The van der Waals surface area contributed by atoms with Crippen LogP contribution in [0.25, 0.3) is 11.4 Å². The van der Waals surface area contributed by atoms with Gasteiger partial charge in [-0.2, -0.15) is 5.26 Å². The Bertz CT molecular complexity index is 1050. The Hall–Kier alpha value is -2.83. The molecule has 7 nitrogen and oxygen atoms in total. The van der Waals surface area contributed by atoms with E-state index in [1.165, 1.54) is 6.20 Å². The molecule has 1 aromatic carbocycles. The number of hydrogen-bond donors (Lipinski definition) is 2. The Morgan fingerprint density at radius 2 is 2.10 bits per heavy atom. The average Bonchev–Trinajstić information content (AvgIpc) is 3.44. The van der Waals surface area contributed by atoms with Crippen LogP contribution in [0.2, 0.25) is 5.02 Å². The Labute approximate surface area is 183 Å². The van der Waals surface area contributed by atoms with Crippen LogP contribution in [0, 0.1) is 34.3 Å². The molecule has 10 heteroatoms. The van der Waals surface area contributed by atoms with E-state index in [2.05, 4.69) is 21.4 Å². The van der Waals surface area contributed by atoms with Gasteiger partial charge in [0.2, 0.25) is 5.91 Å². The van der Waals surface area contributed by atoms with E-state index in [1.807, 2.05) is 4.90 Å². The van der Waals surface area contributed by atoms with Crippen LogP contribution in [-0.2, 0) is 11.3 Å². The van der Waals surface area contributed by atoms with Gasteiger partial charge in [-0.25, -0.2) is 18.7 Å². The number of nitriles is 1. The zero-order valence-electron chi connectivity index (χ0n) is 16.7. The van der Waals surface area contributed by atoms with Crippen molar-refractivity contribution in [2.24, 2.45) is 17.1 Å². The van der Waals surface area contributed by atoms with Gasteiger partial charge < -0.3 is 16.0 Å². The van der Waals surface area contributed by atoms with Crippen LogP contribution in [-0.4, -0.2) is 35.5 Å². The second-order valence-electron chi connectivity index (χ2n) is 8.01. The lowest BCUT2D eigenvalue weighted by Crippen LogP contribution is -2.32. The molecule has 2 fully saturated rings. The number of carbonyl (C=O) groups is 1. The Kier molecular flexibility index (Phi) is 5.77. The number of nitrogens with zero attached hydrogens (tertiary/aromatic N) is 4. The van der Waals surface area contributed by atoms with Crippen LogP contribution < -0.4 is 16.0 Å². The number of nitrogens with one attached hydrogen (secondary N) is 1. The fourth-order valence-electron chi connectivity index (χ4n) is 3.70. The monoisotopic (exact) mass is 446 g/mol. The third kappa shape index (κ3) is 4.18. The maximum atomic E-state index is 13.9. The van der Waals surface area contributed by atoms with Gasteiger partial charge in [0, 0.05) is 37.0 Å². The molecule has 1 atom stereocenters. The summed E-state index contributed by atoms with van der Waals surface area (Å²) in [6, 6.07) is 4.24. The third-order valence-corrected chi connectivity index (χ3v) is 6.20. The van der Waals surface area contributed by atoms with Gasteiger partial charge in [0.1, 0.15) is 27.9 Å². The van der Waals surface area contributed by atoms with Crippen molar-refractivity contribution < 1.29 is 13.6 Å². The average molecular weight is 447 g/mol. The normalized spacial score (nSPS) is 19.2. The second-order valence-corrected chi connectivity index (χ2v) is 8.39. The first-order valence-electron chi connectivity index (χ1n) is 10.0. The van der Waals surface area contributed by atoms with Crippen molar-refractivity contribution in [1.82, 2.24) is 15.3 Å². The first kappa shape index (κ1) is 21.4. The lowest BCUT2D eigenvalue weighted by atomic mass is 10.1. The van der Waals surface area contributed by atoms with E-state index >= 15 is 0 Å². The van der Waals surface area contributed by atoms with Gasteiger partial charge >= 0.3 is 0 Å². The molecule has 31 heavy (non-hydrogen) atoms. The molecule has 3 N–H and O–H groups in total. The fraction of sp³-hybridized carbons (Fsp3) is 0.429. The predicted octanol–water partition coefficient (Wildman–Crippen LogP) is 2.78. The minimum atomic E-state index is -0.933. The lowest BCUT2D eigenvalue weighted by Gasteiger charge is -2.22. The Balaban J connectivity index is 1.65. The SMILES string of the molecule is N#CC1(C(=O)NCc2cnc(-c3cc(F)c(Cl)c(F)c3)nc2N2CCC(CN)C2)CC1. The van der Waals surface area contributed by atoms with Crippen molar-refractivity contribution >= 4 is 23.3 Å². The van der Waals surface area contributed by atoms with Crippen molar-refractivity contribution in [3.63, 3.8) is 0 Å². The number of carbonyl (C=O) groups excluding carboxylic acids is 1. The van der Waals surface area contributed by atoms with E-state index in [-0.39, 0.29) is 23.8 Å². The van der Waals surface area contributed by atoms with Gasteiger partial charge in [-0.05, 0) is 43.9 Å². The molecule has 0 spiro atoms. The third-order valence-electron chi connectivity index (χ3n) is 5.84. The molecular weight excluding hydrogens is 426 g/mol. The van der Waals surface area contributed by atoms with Crippen LogP contribution in [0.4, 0.5) is 14.6 Å². The van der Waals surface area contributed by atoms with Crippen molar-refractivity contribution in [3.05, 3.63) is 40.6 Å². The fourth-order valence-corrected chi connectivity index (χ4v) is 3.81. The lowest BCUT2D eigenvalue weighted by molar-refractivity contribution is -0.124. The highest BCUT2D eigenvalue weighted by molar-refractivity contribution is 6.30. The van der Waals surface area contributed by atoms with E-state index in [1.54, 1.807) is 0 Å². The summed E-state index contributed by atoms with van der Waals surface area (Å²) in [5.41, 5.74) is 5.68. The number of amides is 1. The molecule has 1 aliphatic heterocycles. The molecule has 1 amide bonds. The number of halogens is 3. The summed E-state index contributed by atoms with van der Waals surface area (Å²) < 4.78 is 27.9. The summed E-state index contributed by atoms with van der Waals surface area (Å²) in [5.74, 6) is -1.08. The number of nitrogens with two attached hydrogens (primary N) is 1. The van der Waals surface area contributed by atoms with Gasteiger partial charge in [0.05, 0.1) is 6.07 Å². The first-order chi connectivity index (χ1) is 14.9. The summed E-state index contributed by atoms with van der Waals surface area (Å²) >= 11 is 5.58. The highest BCUT2D eigenvalue weighted by Gasteiger charge is 2.50. The van der Waals surface area contributed by atoms with Crippen molar-refractivity contribution in [2.45, 2.75) is 25.8 Å². The molecule has 2 heterocycles. The van der Waals surface area contributed by atoms with Crippen LogP contribution in [0.15, 0.2) is 18.3 Å². The van der Waals surface area contributed by atoms with E-state index in [0.29, 0.717) is 49.8 Å². The van der Waals surface area contributed by atoms with E-state index < -0.39 is 22.1 Å². The molecule has 1 aliphatic carbocycles. The van der Waals surface area contributed by atoms with Crippen molar-refractivity contribution in [1.29, 1.82) is 5.26 Å². The van der Waals surface area contributed by atoms with E-state index in [9.17, 15) is 18.8 Å². The molecule has 162 valence electrons. The molecule has 0 bridgehead atoms. The minimum absolute atomic E-state index is 0.144. The molecule has 0 radical (unpaired) electrons. The van der Waals surface area contributed by atoms with Crippen LogP contribution in [0.3, 0.4) is 0 Å². The number of anilines is 1. The number of rotatable bonds is 6. The van der Waals surface area contributed by atoms with Crippen molar-refractivity contribution in [2.75, 3.05) is 24.5 Å². The Morgan fingerprint density at radius 1 is 1.39 bits per heavy atom. The summed E-state index contributed by atoms with van der Waals surface area (Å²) in [6.45, 7) is 2.08. The number of hydrogen-bond acceptors (Lipinski definition) is 6. The molecular formula is C21H21ClF2N6O. The molecule has 4 rings (SSSR count). The molecule has 2 aromatic rings. The molecule has 1 saturated carbocycles. The largest absolute Gasteiger partial charge is 0.356 e. The first-order valence-corrected chi connectivity index (χ1v) is 10.4. The summed E-state index contributed by atoms with van der Waals surface area (Å²) in [5, 5.41) is 11.4. The summed E-state index contributed by atoms with van der Waals surface area (Å²) in [4.78, 5) is 23.2. The standard InChI is InChI=1S/C21H21ClF2N6O/c22-17-15(23)5-13(6-16(17)24)18-27-8-14(9-28-20(31)21(11-26)2-3-21)19(29-18)30-4-1-12(7-25)10-30/h5-6,8,12H,1-4,7,9-10,25H2,(H,28,31). The van der Waals surface area contributed by atoms with Gasteiger partial charge in [-0.1, -0.05) is 11.6 Å². The molecule has 1 unspecified atom stereocenters. The van der Waals surface area contributed by atoms with E-state index in [4.69, 9.17) is 17.3 Å². The smallest absolute Gasteiger partial charge is 0.240 e. The quantitative estimate of drug-likeness (QED) is 0.660. The number of aromatic nitrogens is 2. The summed E-state index contributed by atoms with van der Waals surface area (Å²) in [6.07, 6.45) is 3.53. The van der Waals surface area contributed by atoms with Gasteiger partial charge in [0.15, 0.2) is 5.82 Å². The molecule has 1 saturated heterocycles. The zero-order valence-corrected chi connectivity index (χ0v) is 17.4.